The molecule has 2 aromatic rings. The summed E-state index contributed by atoms with van der Waals surface area (Å²) < 4.78 is 5.08. The first kappa shape index (κ1) is 17.6. The normalized spacial score (nSPS) is 11.5. The highest BCUT2D eigenvalue weighted by molar-refractivity contribution is 6.40. The van der Waals surface area contributed by atoms with Crippen LogP contribution in [0.3, 0.4) is 0 Å². The van der Waals surface area contributed by atoms with Gasteiger partial charge < -0.3 is 21.1 Å². The van der Waals surface area contributed by atoms with Gasteiger partial charge in [0.25, 0.3) is 0 Å². The van der Waals surface area contributed by atoms with E-state index in [0.29, 0.717) is 16.4 Å². The number of hydrogen-bond acceptors (Lipinski definition) is 4. The first-order chi connectivity index (χ1) is 11.4. The Labute approximate surface area is 144 Å². The number of nitrogen functional groups attached to an aromatic ring is 1. The van der Waals surface area contributed by atoms with E-state index < -0.39 is 11.8 Å². The summed E-state index contributed by atoms with van der Waals surface area (Å²) in [5, 5.41) is 5.41. The second-order valence-electron chi connectivity index (χ2n) is 5.16. The summed E-state index contributed by atoms with van der Waals surface area (Å²) in [5.41, 5.74) is 7.24. The first-order valence-corrected chi connectivity index (χ1v) is 7.59. The van der Waals surface area contributed by atoms with E-state index in [-0.39, 0.29) is 6.04 Å². The Hall–Kier alpha value is -2.73. The summed E-state index contributed by atoms with van der Waals surface area (Å²) >= 11 is 5.88. The molecule has 0 heterocycles. The maximum atomic E-state index is 12.0. The van der Waals surface area contributed by atoms with E-state index in [0.717, 1.165) is 11.3 Å². The van der Waals surface area contributed by atoms with Gasteiger partial charge in [-0.1, -0.05) is 23.7 Å². The van der Waals surface area contributed by atoms with E-state index in [4.69, 9.17) is 22.1 Å². The summed E-state index contributed by atoms with van der Waals surface area (Å²) in [4.78, 5) is 24.0. The number of carbonyl (C=O) groups is 2. The van der Waals surface area contributed by atoms with Gasteiger partial charge in [-0.15, -0.1) is 0 Å². The third-order valence-corrected chi connectivity index (χ3v) is 3.76. The molecule has 4 N–H and O–H groups in total. The van der Waals surface area contributed by atoms with Crippen molar-refractivity contribution in [1.82, 2.24) is 5.32 Å². The van der Waals surface area contributed by atoms with Crippen LogP contribution in [-0.4, -0.2) is 18.9 Å². The minimum absolute atomic E-state index is 0.305. The zero-order valence-electron chi connectivity index (χ0n) is 13.3. The molecule has 0 spiro atoms. The minimum atomic E-state index is -0.781. The maximum Gasteiger partial charge on any atom is 0.313 e. The number of halogens is 1. The van der Waals surface area contributed by atoms with Crippen molar-refractivity contribution in [2.75, 3.05) is 18.2 Å². The molecule has 0 aliphatic rings. The topological polar surface area (TPSA) is 93.4 Å². The average molecular weight is 348 g/mol. The van der Waals surface area contributed by atoms with Gasteiger partial charge in [-0.3, -0.25) is 9.59 Å². The van der Waals surface area contributed by atoms with Crippen LogP contribution in [0.15, 0.2) is 42.5 Å². The van der Waals surface area contributed by atoms with Crippen LogP contribution in [0.2, 0.25) is 5.02 Å². The summed E-state index contributed by atoms with van der Waals surface area (Å²) in [7, 11) is 1.58. The molecule has 126 valence electrons. The number of ether oxygens (including phenoxy) is 1. The predicted octanol–water partition coefficient (Wildman–Crippen LogP) is 2.75. The van der Waals surface area contributed by atoms with Gasteiger partial charge in [0.2, 0.25) is 0 Å². The van der Waals surface area contributed by atoms with E-state index >= 15 is 0 Å². The minimum Gasteiger partial charge on any atom is -0.497 e. The smallest absolute Gasteiger partial charge is 0.313 e. The molecule has 0 aliphatic carbocycles. The van der Waals surface area contributed by atoms with E-state index in [2.05, 4.69) is 10.6 Å². The number of nitrogens with one attached hydrogen (secondary N) is 2. The summed E-state index contributed by atoms with van der Waals surface area (Å²) in [6.07, 6.45) is 0. The Morgan fingerprint density at radius 2 is 1.79 bits per heavy atom. The predicted molar refractivity (Wildman–Crippen MR) is 94.0 cm³/mol. The van der Waals surface area contributed by atoms with Gasteiger partial charge in [0.1, 0.15) is 5.75 Å². The van der Waals surface area contributed by atoms with Crippen molar-refractivity contribution < 1.29 is 14.3 Å². The standard InChI is InChI=1S/C17H18ClN3O3/c1-10(11-3-6-13(24-2)7-4-11)20-16(22)17(23)21-12-5-8-15(19)14(18)9-12/h3-10H,19H2,1-2H3,(H,20,22)(H,21,23). The fourth-order valence-corrected chi connectivity index (χ4v) is 2.21. The van der Waals surface area contributed by atoms with Gasteiger partial charge in [0, 0.05) is 5.69 Å². The lowest BCUT2D eigenvalue weighted by Gasteiger charge is -2.14. The molecule has 2 amide bonds. The number of nitrogens with two attached hydrogens (primary N) is 1. The molecular weight excluding hydrogens is 330 g/mol. The highest BCUT2D eigenvalue weighted by Gasteiger charge is 2.17. The van der Waals surface area contributed by atoms with Gasteiger partial charge in [-0.25, -0.2) is 0 Å². The molecule has 2 rings (SSSR count). The molecule has 1 unspecified atom stereocenters. The monoisotopic (exact) mass is 347 g/mol. The number of anilines is 2. The van der Waals surface area contributed by atoms with Gasteiger partial charge in [0.15, 0.2) is 0 Å². The summed E-state index contributed by atoms with van der Waals surface area (Å²) in [6.45, 7) is 1.78. The highest BCUT2D eigenvalue weighted by atomic mass is 35.5. The first-order valence-electron chi connectivity index (χ1n) is 7.21. The Morgan fingerprint density at radius 1 is 1.12 bits per heavy atom. The fourth-order valence-electron chi connectivity index (χ4n) is 2.03. The van der Waals surface area contributed by atoms with Crippen LogP contribution in [0.4, 0.5) is 11.4 Å². The van der Waals surface area contributed by atoms with Crippen LogP contribution >= 0.6 is 11.6 Å². The van der Waals surface area contributed by atoms with E-state index in [1.807, 2.05) is 12.1 Å². The number of amides is 2. The number of methoxy groups -OCH3 is 1. The van der Waals surface area contributed by atoms with E-state index in [1.165, 1.54) is 6.07 Å². The van der Waals surface area contributed by atoms with Crippen LogP contribution in [-0.2, 0) is 9.59 Å². The number of carbonyl (C=O) groups excluding carboxylic acids is 2. The van der Waals surface area contributed by atoms with Crippen LogP contribution in [0.1, 0.15) is 18.5 Å². The summed E-state index contributed by atoms with van der Waals surface area (Å²) in [5.74, 6) is -0.808. The number of hydrogen-bond donors (Lipinski definition) is 3. The second-order valence-corrected chi connectivity index (χ2v) is 5.57. The molecule has 0 bridgehead atoms. The molecule has 2 aromatic carbocycles. The van der Waals surface area contributed by atoms with Gasteiger partial charge in [-0.2, -0.15) is 0 Å². The lowest BCUT2D eigenvalue weighted by Crippen LogP contribution is -2.36. The van der Waals surface area contributed by atoms with Gasteiger partial charge in [-0.05, 0) is 42.8 Å². The molecule has 7 heteroatoms. The van der Waals surface area contributed by atoms with Crippen molar-refractivity contribution in [2.24, 2.45) is 0 Å². The zero-order chi connectivity index (χ0) is 17.7. The highest BCUT2D eigenvalue weighted by Crippen LogP contribution is 2.22. The molecule has 0 aromatic heterocycles. The molecule has 0 saturated heterocycles. The Kier molecular flexibility index (Phi) is 5.65. The van der Waals surface area contributed by atoms with E-state index in [9.17, 15) is 9.59 Å². The Balaban J connectivity index is 1.97. The molecule has 0 saturated carbocycles. The van der Waals surface area contributed by atoms with Crippen molar-refractivity contribution in [2.45, 2.75) is 13.0 Å². The average Bonchev–Trinajstić information content (AvgIpc) is 2.58. The van der Waals surface area contributed by atoms with Crippen LogP contribution in [0, 0.1) is 0 Å². The van der Waals surface area contributed by atoms with E-state index in [1.54, 1.807) is 38.3 Å². The molecule has 0 aliphatic heterocycles. The number of rotatable bonds is 4. The molecule has 24 heavy (non-hydrogen) atoms. The SMILES string of the molecule is COc1ccc(C(C)NC(=O)C(=O)Nc2ccc(N)c(Cl)c2)cc1. The molecule has 0 fully saturated rings. The number of benzene rings is 2. The fraction of sp³-hybridized carbons (Fsp3) is 0.176. The maximum absolute atomic E-state index is 12.0. The molecule has 6 nitrogen and oxygen atoms in total. The van der Waals surface area contributed by atoms with Crippen molar-refractivity contribution in [1.29, 1.82) is 0 Å². The Morgan fingerprint density at radius 3 is 2.38 bits per heavy atom. The largest absolute Gasteiger partial charge is 0.497 e. The third-order valence-electron chi connectivity index (χ3n) is 3.43. The van der Waals surface area contributed by atoms with Crippen LogP contribution in [0.5, 0.6) is 5.75 Å². The van der Waals surface area contributed by atoms with Crippen molar-refractivity contribution in [3.05, 3.63) is 53.1 Å². The van der Waals surface area contributed by atoms with Crippen molar-refractivity contribution in [3.63, 3.8) is 0 Å². The van der Waals surface area contributed by atoms with Crippen molar-refractivity contribution >= 4 is 34.8 Å². The van der Waals surface area contributed by atoms with Crippen LogP contribution in [0.25, 0.3) is 0 Å². The van der Waals surface area contributed by atoms with Crippen LogP contribution < -0.4 is 21.1 Å². The van der Waals surface area contributed by atoms with Gasteiger partial charge >= 0.3 is 11.8 Å². The Bertz CT molecular complexity index is 747. The van der Waals surface area contributed by atoms with Crippen molar-refractivity contribution in [3.8, 4) is 5.75 Å². The molecule has 1 atom stereocenters. The van der Waals surface area contributed by atoms with Gasteiger partial charge in [0.05, 0.1) is 23.9 Å². The lowest BCUT2D eigenvalue weighted by molar-refractivity contribution is -0.136. The quantitative estimate of drug-likeness (QED) is 0.585. The third kappa shape index (κ3) is 4.39. The zero-order valence-corrected chi connectivity index (χ0v) is 14.1. The second kappa shape index (κ2) is 7.70. The molecule has 0 radical (unpaired) electrons. The molecular formula is C17H18ClN3O3. The summed E-state index contributed by atoms with van der Waals surface area (Å²) in [6, 6.07) is 11.5. The lowest BCUT2D eigenvalue weighted by atomic mass is 10.1.